The van der Waals surface area contributed by atoms with E-state index in [0.717, 1.165) is 41.7 Å². The zero-order chi connectivity index (χ0) is 17.6. The highest BCUT2D eigenvalue weighted by molar-refractivity contribution is 5.82. The van der Waals surface area contributed by atoms with Crippen LogP contribution in [0, 0.1) is 6.92 Å². The Labute approximate surface area is 147 Å². The van der Waals surface area contributed by atoms with Crippen LogP contribution in [0.25, 0.3) is 11.0 Å². The quantitative estimate of drug-likeness (QED) is 0.893. The first-order valence-corrected chi connectivity index (χ1v) is 8.99. The summed E-state index contributed by atoms with van der Waals surface area (Å²) in [5.41, 5.74) is 2.58. The van der Waals surface area contributed by atoms with Crippen LogP contribution in [-0.2, 0) is 16.0 Å². The molecule has 6 heteroatoms. The molecule has 3 atom stereocenters. The second-order valence-electron chi connectivity index (χ2n) is 7.40. The monoisotopic (exact) mass is 343 g/mol. The van der Waals surface area contributed by atoms with E-state index in [9.17, 15) is 9.90 Å². The van der Waals surface area contributed by atoms with Crippen molar-refractivity contribution in [3.63, 3.8) is 0 Å². The molecule has 0 radical (unpaired) electrons. The summed E-state index contributed by atoms with van der Waals surface area (Å²) in [5, 5.41) is 10.1. The van der Waals surface area contributed by atoms with Crippen LogP contribution in [0.3, 0.4) is 0 Å². The number of nitrogens with one attached hydrogen (secondary N) is 1. The average Bonchev–Trinajstić information content (AvgIpc) is 3.14. The van der Waals surface area contributed by atoms with Crippen molar-refractivity contribution in [2.24, 2.45) is 0 Å². The highest BCUT2D eigenvalue weighted by Crippen LogP contribution is 2.42. The van der Waals surface area contributed by atoms with E-state index in [4.69, 9.17) is 4.74 Å². The number of likely N-dealkylation sites (tertiary alicyclic amines) is 1. The Morgan fingerprint density at radius 2 is 2.32 bits per heavy atom. The van der Waals surface area contributed by atoms with Gasteiger partial charge in [-0.15, -0.1) is 0 Å². The molecule has 25 heavy (non-hydrogen) atoms. The molecule has 0 spiro atoms. The number of carbonyl (C=O) groups is 1. The number of aliphatic hydroxyl groups is 1. The number of imidazole rings is 1. The van der Waals surface area contributed by atoms with Crippen LogP contribution in [0.2, 0.25) is 0 Å². The van der Waals surface area contributed by atoms with Gasteiger partial charge in [-0.1, -0.05) is 6.07 Å². The highest BCUT2D eigenvalue weighted by atomic mass is 16.5. The van der Waals surface area contributed by atoms with Gasteiger partial charge in [-0.3, -0.25) is 4.79 Å². The number of fused-ring (bicyclic) bond motifs is 2. The topological polar surface area (TPSA) is 78.5 Å². The van der Waals surface area contributed by atoms with E-state index in [1.165, 1.54) is 0 Å². The number of methoxy groups -OCH3 is 1. The molecular formula is C19H25N3O3. The lowest BCUT2D eigenvalue weighted by molar-refractivity contribution is -0.139. The lowest BCUT2D eigenvalue weighted by Crippen LogP contribution is -2.53. The van der Waals surface area contributed by atoms with Gasteiger partial charge in [-0.25, -0.2) is 4.98 Å². The fraction of sp³-hybridized carbons (Fsp3) is 0.579. The molecule has 2 heterocycles. The number of amides is 1. The Hall–Kier alpha value is -1.92. The van der Waals surface area contributed by atoms with E-state index in [1.807, 2.05) is 30.0 Å². The summed E-state index contributed by atoms with van der Waals surface area (Å²) in [6, 6.07) is 5.90. The minimum absolute atomic E-state index is 0.0214. The normalized spacial score (nSPS) is 29.2. The zero-order valence-electron chi connectivity index (χ0n) is 14.8. The Morgan fingerprint density at radius 1 is 1.48 bits per heavy atom. The number of aromatic nitrogens is 2. The molecule has 134 valence electrons. The van der Waals surface area contributed by atoms with E-state index in [0.29, 0.717) is 19.4 Å². The van der Waals surface area contributed by atoms with E-state index in [2.05, 4.69) is 9.97 Å². The molecule has 2 N–H and O–H groups in total. The van der Waals surface area contributed by atoms with Gasteiger partial charge in [0, 0.05) is 13.7 Å². The molecule has 0 bridgehead atoms. The minimum atomic E-state index is -0.342. The number of aliphatic hydroxyl groups excluding tert-OH is 1. The van der Waals surface area contributed by atoms with Crippen molar-refractivity contribution >= 4 is 16.9 Å². The third-order valence-corrected chi connectivity index (χ3v) is 5.90. The van der Waals surface area contributed by atoms with Gasteiger partial charge in [0.25, 0.3) is 0 Å². The maximum Gasteiger partial charge on any atom is 0.227 e. The van der Waals surface area contributed by atoms with Crippen molar-refractivity contribution in [1.29, 1.82) is 0 Å². The predicted molar refractivity (Wildman–Crippen MR) is 94.3 cm³/mol. The van der Waals surface area contributed by atoms with Crippen LogP contribution in [0.4, 0.5) is 0 Å². The molecule has 2 fully saturated rings. The molecule has 1 amide bonds. The predicted octanol–water partition coefficient (Wildman–Crippen LogP) is 1.94. The summed E-state index contributed by atoms with van der Waals surface area (Å²) in [5.74, 6) is 0.979. The second-order valence-corrected chi connectivity index (χ2v) is 7.40. The summed E-state index contributed by atoms with van der Waals surface area (Å²) in [4.78, 5) is 22.5. The number of ether oxygens (including phenoxy) is 1. The molecule has 2 aromatic rings. The van der Waals surface area contributed by atoms with E-state index >= 15 is 0 Å². The molecule has 1 aromatic carbocycles. The van der Waals surface area contributed by atoms with Crippen LogP contribution in [0.15, 0.2) is 18.2 Å². The van der Waals surface area contributed by atoms with Gasteiger partial charge in [-0.2, -0.15) is 0 Å². The summed E-state index contributed by atoms with van der Waals surface area (Å²) in [7, 11) is 1.73. The van der Waals surface area contributed by atoms with Gasteiger partial charge >= 0.3 is 0 Å². The number of carbonyl (C=O) groups excluding carboxylic acids is 1. The lowest BCUT2D eigenvalue weighted by atomic mass is 9.79. The number of nitrogens with zero attached hydrogens (tertiary/aromatic N) is 2. The Kier molecular flexibility index (Phi) is 4.04. The van der Waals surface area contributed by atoms with Crippen LogP contribution in [-0.4, -0.2) is 57.3 Å². The fourth-order valence-electron chi connectivity index (χ4n) is 4.55. The molecule has 0 unspecified atom stereocenters. The number of aromatic amines is 1. The summed E-state index contributed by atoms with van der Waals surface area (Å²) in [6.07, 6.45) is 3.05. The largest absolute Gasteiger partial charge is 0.393 e. The van der Waals surface area contributed by atoms with Gasteiger partial charge in [0.1, 0.15) is 5.82 Å². The van der Waals surface area contributed by atoms with E-state index < -0.39 is 0 Å². The Balaban J connectivity index is 1.53. The summed E-state index contributed by atoms with van der Waals surface area (Å²) < 4.78 is 5.82. The van der Waals surface area contributed by atoms with E-state index in [-0.39, 0.29) is 23.7 Å². The molecule has 6 nitrogen and oxygen atoms in total. The average molecular weight is 343 g/mol. The molecule has 1 aliphatic carbocycles. The number of hydrogen-bond donors (Lipinski definition) is 2. The van der Waals surface area contributed by atoms with Crippen molar-refractivity contribution in [3.8, 4) is 0 Å². The molecule has 4 rings (SSSR count). The third kappa shape index (κ3) is 2.83. The number of H-pyrrole nitrogens is 1. The Bertz CT molecular complexity index is 802. The van der Waals surface area contributed by atoms with Crippen molar-refractivity contribution in [2.75, 3.05) is 13.7 Å². The van der Waals surface area contributed by atoms with Gasteiger partial charge < -0.3 is 19.7 Å². The minimum Gasteiger partial charge on any atom is -0.393 e. The van der Waals surface area contributed by atoms with Crippen molar-refractivity contribution < 1.29 is 14.6 Å². The summed E-state index contributed by atoms with van der Waals surface area (Å²) in [6.45, 7) is 2.63. The van der Waals surface area contributed by atoms with Crippen molar-refractivity contribution in [2.45, 2.75) is 56.8 Å². The lowest BCUT2D eigenvalue weighted by Gasteiger charge is -2.42. The first-order valence-electron chi connectivity index (χ1n) is 8.99. The van der Waals surface area contributed by atoms with E-state index in [1.54, 1.807) is 7.11 Å². The second kappa shape index (κ2) is 6.11. The molecule has 2 aliphatic rings. The van der Waals surface area contributed by atoms with Gasteiger partial charge in [0.15, 0.2) is 0 Å². The van der Waals surface area contributed by atoms with Gasteiger partial charge in [-0.05, 0) is 50.3 Å². The Morgan fingerprint density at radius 3 is 3.12 bits per heavy atom. The van der Waals surface area contributed by atoms with Crippen LogP contribution in [0.1, 0.15) is 37.1 Å². The SMILES string of the molecule is CO[C@@]12CC[C@H](O)C[C@@H]1N(C(=O)Cc1ccc3nc(C)[nH]c3c1)CC2. The van der Waals surface area contributed by atoms with Gasteiger partial charge in [0.2, 0.25) is 5.91 Å². The number of aryl methyl sites for hydroxylation is 1. The molecule has 1 saturated carbocycles. The zero-order valence-corrected chi connectivity index (χ0v) is 14.8. The molecule has 1 aromatic heterocycles. The van der Waals surface area contributed by atoms with Crippen LogP contribution < -0.4 is 0 Å². The first-order chi connectivity index (χ1) is 12.0. The molecule has 1 saturated heterocycles. The van der Waals surface area contributed by atoms with Crippen LogP contribution >= 0.6 is 0 Å². The number of benzene rings is 1. The fourth-order valence-corrected chi connectivity index (χ4v) is 4.55. The van der Waals surface area contributed by atoms with Crippen molar-refractivity contribution in [3.05, 3.63) is 29.6 Å². The van der Waals surface area contributed by atoms with Gasteiger partial charge in [0.05, 0.1) is 35.2 Å². The summed E-state index contributed by atoms with van der Waals surface area (Å²) >= 11 is 0. The highest BCUT2D eigenvalue weighted by Gasteiger charge is 2.52. The number of hydrogen-bond acceptors (Lipinski definition) is 4. The third-order valence-electron chi connectivity index (χ3n) is 5.90. The standard InChI is InChI=1S/C19H25N3O3/c1-12-20-15-4-3-13(9-16(15)21-12)10-18(24)22-8-7-19(25-2)6-5-14(23)11-17(19)22/h3-4,9,14,17,23H,5-8,10-11H2,1-2H3,(H,20,21)/t14-,17-,19+/m0/s1. The van der Waals surface area contributed by atoms with Crippen LogP contribution in [0.5, 0.6) is 0 Å². The molecular weight excluding hydrogens is 318 g/mol. The maximum atomic E-state index is 12.9. The first kappa shape index (κ1) is 16.5. The number of rotatable bonds is 3. The van der Waals surface area contributed by atoms with Crippen molar-refractivity contribution in [1.82, 2.24) is 14.9 Å². The smallest absolute Gasteiger partial charge is 0.227 e. The maximum absolute atomic E-state index is 12.9. The molecule has 1 aliphatic heterocycles.